The highest BCUT2D eigenvalue weighted by Crippen LogP contribution is 2.12. The van der Waals surface area contributed by atoms with Gasteiger partial charge in [-0.25, -0.2) is 0 Å². The van der Waals surface area contributed by atoms with E-state index in [1.54, 1.807) is 6.08 Å². The summed E-state index contributed by atoms with van der Waals surface area (Å²) in [5, 5.41) is 0. The SMILES string of the molecule is CC\C=C/C=C\C=C/C=C\C=C\C=C/CCCCCC(=O)OCC(COC(=O)C/C=C\C/C=C\C/C=C\CC)OC(=O)CCCCCCCCC/C=C\C/C=C\CCCCC. The van der Waals surface area contributed by atoms with Gasteiger partial charge in [0.05, 0.1) is 6.42 Å². The molecule has 1 unspecified atom stereocenters. The number of unbranched alkanes of at least 4 members (excludes halogenated alkanes) is 13. The Morgan fingerprint density at radius 2 is 0.787 bits per heavy atom. The summed E-state index contributed by atoms with van der Waals surface area (Å²) < 4.78 is 16.6. The average molecular weight is 841 g/mol. The van der Waals surface area contributed by atoms with Crippen molar-refractivity contribution in [1.82, 2.24) is 0 Å². The van der Waals surface area contributed by atoms with E-state index in [-0.39, 0.29) is 44.4 Å². The second-order valence-corrected chi connectivity index (χ2v) is 15.1. The van der Waals surface area contributed by atoms with Gasteiger partial charge in [-0.3, -0.25) is 14.4 Å². The van der Waals surface area contributed by atoms with Crippen molar-refractivity contribution in [3.05, 3.63) is 134 Å². The maximum Gasteiger partial charge on any atom is 0.309 e. The van der Waals surface area contributed by atoms with Crippen molar-refractivity contribution in [2.45, 2.75) is 181 Å². The Morgan fingerprint density at radius 1 is 0.377 bits per heavy atom. The fourth-order valence-electron chi connectivity index (χ4n) is 5.80. The van der Waals surface area contributed by atoms with Crippen molar-refractivity contribution in [1.29, 1.82) is 0 Å². The highest BCUT2D eigenvalue weighted by molar-refractivity contribution is 5.72. The zero-order chi connectivity index (χ0) is 44.4. The van der Waals surface area contributed by atoms with Crippen molar-refractivity contribution < 1.29 is 28.6 Å². The Bertz CT molecular complexity index is 1380. The van der Waals surface area contributed by atoms with Crippen molar-refractivity contribution in [2.24, 2.45) is 0 Å². The maximum atomic E-state index is 12.7. The van der Waals surface area contributed by atoms with Crippen LogP contribution < -0.4 is 0 Å². The molecule has 0 aliphatic rings. The summed E-state index contributed by atoms with van der Waals surface area (Å²) in [7, 11) is 0. The van der Waals surface area contributed by atoms with Gasteiger partial charge in [-0.1, -0.05) is 206 Å². The summed E-state index contributed by atoms with van der Waals surface area (Å²) in [6, 6.07) is 0. The zero-order valence-electron chi connectivity index (χ0n) is 38.6. The van der Waals surface area contributed by atoms with Gasteiger partial charge in [0.2, 0.25) is 0 Å². The first-order valence-electron chi connectivity index (χ1n) is 23.8. The third-order valence-corrected chi connectivity index (χ3v) is 9.31. The van der Waals surface area contributed by atoms with E-state index in [0.717, 1.165) is 83.5 Å². The van der Waals surface area contributed by atoms with Gasteiger partial charge in [-0.05, 0) is 83.5 Å². The molecule has 0 rings (SSSR count). The van der Waals surface area contributed by atoms with Crippen molar-refractivity contribution in [3.8, 4) is 0 Å². The number of ether oxygens (including phenoxy) is 3. The topological polar surface area (TPSA) is 78.9 Å². The standard InChI is InChI=1S/C55H84O6/c1-4-7-10-13-16-19-21-23-25-27-29-31-33-36-39-42-45-48-54(57)60-51-52(50-59-53(56)47-44-41-38-35-18-15-12-9-6-3)61-55(58)49-46-43-40-37-34-32-30-28-26-24-22-20-17-14-11-8-5-2/h7,9-10,12-13,16-21,23-27,29,31,33,35,41,44,52H,4-6,8,11,14-15,22,28,30,32,34,36-40,42-43,45-51H2,1-3H3/b10-7-,12-9-,16-13-,20-17-,21-19-,25-23-,26-24-,29-27+,33-31-,35-18-,44-41-. The van der Waals surface area contributed by atoms with Crippen LogP contribution in [0.15, 0.2) is 134 Å². The van der Waals surface area contributed by atoms with Gasteiger partial charge in [0, 0.05) is 12.8 Å². The molecule has 0 amide bonds. The number of rotatable bonds is 40. The monoisotopic (exact) mass is 841 g/mol. The molecule has 0 heterocycles. The molecule has 6 heteroatoms. The Morgan fingerprint density at radius 3 is 1.36 bits per heavy atom. The van der Waals surface area contributed by atoms with Gasteiger partial charge in [-0.2, -0.15) is 0 Å². The second kappa shape index (κ2) is 48.2. The van der Waals surface area contributed by atoms with Gasteiger partial charge < -0.3 is 14.2 Å². The molecule has 0 aromatic carbocycles. The Labute approximate surface area is 373 Å². The molecule has 0 aromatic rings. The minimum absolute atomic E-state index is 0.118. The fraction of sp³-hybridized carbons (Fsp3) is 0.545. The number of hydrogen-bond donors (Lipinski definition) is 0. The van der Waals surface area contributed by atoms with Crippen LogP contribution in [0, 0.1) is 0 Å². The third kappa shape index (κ3) is 46.5. The minimum Gasteiger partial charge on any atom is -0.462 e. The molecular formula is C55H84O6. The smallest absolute Gasteiger partial charge is 0.309 e. The quantitative estimate of drug-likeness (QED) is 0.0201. The number of allylic oxidation sites excluding steroid dienone is 21. The van der Waals surface area contributed by atoms with Crippen LogP contribution in [0.2, 0.25) is 0 Å². The molecule has 0 saturated heterocycles. The van der Waals surface area contributed by atoms with Crippen molar-refractivity contribution >= 4 is 17.9 Å². The Kier molecular flexibility index (Phi) is 44.7. The molecule has 0 aliphatic heterocycles. The molecule has 0 fully saturated rings. The van der Waals surface area contributed by atoms with Crippen LogP contribution in [0.1, 0.15) is 175 Å². The van der Waals surface area contributed by atoms with Gasteiger partial charge in [0.1, 0.15) is 13.2 Å². The van der Waals surface area contributed by atoms with E-state index < -0.39 is 12.1 Å². The first-order valence-corrected chi connectivity index (χ1v) is 23.8. The van der Waals surface area contributed by atoms with Gasteiger partial charge in [-0.15, -0.1) is 0 Å². The molecule has 0 N–H and O–H groups in total. The maximum absolute atomic E-state index is 12.7. The van der Waals surface area contributed by atoms with E-state index in [4.69, 9.17) is 14.2 Å². The summed E-state index contributed by atoms with van der Waals surface area (Å²) in [6.07, 6.45) is 67.5. The molecule has 1 atom stereocenters. The molecule has 340 valence electrons. The predicted molar refractivity (Wildman–Crippen MR) is 260 cm³/mol. The lowest BCUT2D eigenvalue weighted by Crippen LogP contribution is -2.30. The van der Waals surface area contributed by atoms with E-state index in [1.807, 2.05) is 66.8 Å². The normalized spacial score (nSPS) is 13.3. The van der Waals surface area contributed by atoms with Crippen LogP contribution in [-0.4, -0.2) is 37.2 Å². The molecule has 0 aliphatic carbocycles. The van der Waals surface area contributed by atoms with Crippen molar-refractivity contribution in [2.75, 3.05) is 13.2 Å². The molecular weight excluding hydrogens is 757 g/mol. The van der Waals surface area contributed by atoms with Crippen LogP contribution in [0.3, 0.4) is 0 Å². The summed E-state index contributed by atoms with van der Waals surface area (Å²) >= 11 is 0. The van der Waals surface area contributed by atoms with Crippen LogP contribution in [0.25, 0.3) is 0 Å². The minimum atomic E-state index is -0.840. The third-order valence-electron chi connectivity index (χ3n) is 9.31. The summed E-state index contributed by atoms with van der Waals surface area (Å²) in [5.41, 5.74) is 0. The van der Waals surface area contributed by atoms with Gasteiger partial charge >= 0.3 is 17.9 Å². The summed E-state index contributed by atoms with van der Waals surface area (Å²) in [5.74, 6) is -1.13. The van der Waals surface area contributed by atoms with E-state index in [2.05, 4.69) is 81.5 Å². The van der Waals surface area contributed by atoms with Crippen LogP contribution in [-0.2, 0) is 28.6 Å². The largest absolute Gasteiger partial charge is 0.462 e. The lowest BCUT2D eigenvalue weighted by atomic mass is 10.1. The second-order valence-electron chi connectivity index (χ2n) is 15.1. The van der Waals surface area contributed by atoms with Crippen LogP contribution >= 0.6 is 0 Å². The van der Waals surface area contributed by atoms with E-state index in [9.17, 15) is 14.4 Å². The van der Waals surface area contributed by atoms with E-state index in [1.165, 1.54) is 44.9 Å². The number of carbonyl (C=O) groups excluding carboxylic acids is 3. The molecule has 61 heavy (non-hydrogen) atoms. The van der Waals surface area contributed by atoms with Crippen molar-refractivity contribution in [3.63, 3.8) is 0 Å². The molecule has 0 saturated carbocycles. The number of hydrogen-bond acceptors (Lipinski definition) is 6. The Hall–Kier alpha value is -4.45. The molecule has 0 spiro atoms. The van der Waals surface area contributed by atoms with Crippen LogP contribution in [0.4, 0.5) is 0 Å². The highest BCUT2D eigenvalue weighted by Gasteiger charge is 2.19. The number of esters is 3. The molecule has 6 nitrogen and oxygen atoms in total. The first kappa shape index (κ1) is 56.5. The fourth-order valence-corrected chi connectivity index (χ4v) is 5.80. The Balaban J connectivity index is 4.54. The first-order chi connectivity index (χ1) is 30.0. The highest BCUT2D eigenvalue weighted by atomic mass is 16.6. The number of carbonyl (C=O) groups is 3. The molecule has 0 aromatic heterocycles. The average Bonchev–Trinajstić information content (AvgIpc) is 3.26. The lowest BCUT2D eigenvalue weighted by molar-refractivity contribution is -0.166. The van der Waals surface area contributed by atoms with Gasteiger partial charge in [0.15, 0.2) is 6.10 Å². The lowest BCUT2D eigenvalue weighted by Gasteiger charge is -2.18. The molecule has 0 radical (unpaired) electrons. The zero-order valence-corrected chi connectivity index (χ0v) is 38.6. The van der Waals surface area contributed by atoms with E-state index >= 15 is 0 Å². The van der Waals surface area contributed by atoms with E-state index in [0.29, 0.717) is 6.42 Å². The predicted octanol–water partition coefficient (Wildman–Crippen LogP) is 15.5. The van der Waals surface area contributed by atoms with Crippen LogP contribution in [0.5, 0.6) is 0 Å². The summed E-state index contributed by atoms with van der Waals surface area (Å²) in [4.78, 5) is 37.7. The molecule has 0 bridgehead atoms. The summed E-state index contributed by atoms with van der Waals surface area (Å²) in [6.45, 7) is 6.17. The van der Waals surface area contributed by atoms with Gasteiger partial charge in [0.25, 0.3) is 0 Å².